The lowest BCUT2D eigenvalue weighted by Crippen LogP contribution is -2.28. The Hall–Kier alpha value is -1.75. The summed E-state index contributed by atoms with van der Waals surface area (Å²) >= 11 is 5.77. The number of benzene rings is 1. The predicted octanol–water partition coefficient (Wildman–Crippen LogP) is 0.277. The van der Waals surface area contributed by atoms with Gasteiger partial charge in [-0.3, -0.25) is 0 Å². The second kappa shape index (κ2) is 5.21. The molecule has 0 aromatic heterocycles. The molecular weight excluding hydrogens is 222 g/mol. The number of hydrogen-bond donors (Lipinski definition) is 1. The first-order valence-electron chi connectivity index (χ1n) is 3.93. The molecule has 1 aromatic rings. The van der Waals surface area contributed by atoms with Gasteiger partial charge in [-0.2, -0.15) is 0 Å². The number of carboxylic acid groups (broad SMARTS) is 1. The number of oxime groups is 1. The van der Waals surface area contributed by atoms with Gasteiger partial charge in [0.2, 0.25) is 0 Å². The Morgan fingerprint density at radius 2 is 2.40 bits per heavy atom. The van der Waals surface area contributed by atoms with E-state index in [0.717, 1.165) is 0 Å². The Bertz CT molecular complexity index is 392. The Morgan fingerprint density at radius 1 is 1.67 bits per heavy atom. The number of aliphatic carboxylic acids is 1. The number of carboxylic acids is 1. The minimum absolute atomic E-state index is 0.230. The third-order valence-corrected chi connectivity index (χ3v) is 1.80. The van der Waals surface area contributed by atoms with Crippen LogP contribution in [0.15, 0.2) is 23.4 Å². The monoisotopic (exact) mass is 228 g/mol. The van der Waals surface area contributed by atoms with E-state index in [1.807, 2.05) is 0 Å². The van der Waals surface area contributed by atoms with Gasteiger partial charge in [-0.25, -0.2) is 0 Å². The fourth-order valence-electron chi connectivity index (χ4n) is 0.918. The van der Waals surface area contributed by atoms with E-state index in [0.29, 0.717) is 5.56 Å². The zero-order chi connectivity index (χ0) is 11.3. The van der Waals surface area contributed by atoms with Gasteiger partial charge in [-0.05, 0) is 23.8 Å². The van der Waals surface area contributed by atoms with Crippen molar-refractivity contribution < 1.29 is 19.8 Å². The van der Waals surface area contributed by atoms with E-state index in [2.05, 4.69) is 5.16 Å². The maximum absolute atomic E-state index is 10.1. The van der Waals surface area contributed by atoms with E-state index in [4.69, 9.17) is 21.5 Å². The second-order valence-corrected chi connectivity index (χ2v) is 3.00. The fourth-order valence-corrected chi connectivity index (χ4v) is 1.16. The van der Waals surface area contributed by atoms with Gasteiger partial charge in [-0.1, -0.05) is 16.8 Å². The Morgan fingerprint density at radius 3 is 2.93 bits per heavy atom. The van der Waals surface area contributed by atoms with Crippen molar-refractivity contribution in [3.63, 3.8) is 0 Å². The van der Waals surface area contributed by atoms with Crippen LogP contribution in [0.3, 0.4) is 0 Å². The zero-order valence-electron chi connectivity index (χ0n) is 7.51. The van der Waals surface area contributed by atoms with Gasteiger partial charge in [0, 0.05) is 0 Å². The van der Waals surface area contributed by atoms with Crippen LogP contribution < -0.4 is 9.84 Å². The third kappa shape index (κ3) is 3.47. The van der Waals surface area contributed by atoms with Crippen molar-refractivity contribution in [3.8, 4) is 5.75 Å². The molecule has 1 N–H and O–H groups in total. The van der Waals surface area contributed by atoms with Crippen molar-refractivity contribution in [1.82, 2.24) is 0 Å². The number of ether oxygens (including phenoxy) is 1. The maximum atomic E-state index is 10.1. The van der Waals surface area contributed by atoms with Gasteiger partial charge in [0.1, 0.15) is 12.4 Å². The van der Waals surface area contributed by atoms with Crippen LogP contribution in [0.25, 0.3) is 0 Å². The number of nitrogens with zero attached hydrogens (tertiary/aromatic N) is 1. The van der Waals surface area contributed by atoms with Gasteiger partial charge < -0.3 is 19.8 Å². The van der Waals surface area contributed by atoms with E-state index < -0.39 is 12.6 Å². The van der Waals surface area contributed by atoms with Crippen LogP contribution in [-0.4, -0.2) is 24.0 Å². The largest absolute Gasteiger partial charge is 0.546 e. The smallest absolute Gasteiger partial charge is 0.138 e. The zero-order valence-corrected chi connectivity index (χ0v) is 8.27. The highest BCUT2D eigenvalue weighted by Crippen LogP contribution is 2.24. The molecule has 0 fully saturated rings. The van der Waals surface area contributed by atoms with E-state index in [1.54, 1.807) is 6.07 Å². The van der Waals surface area contributed by atoms with Gasteiger partial charge >= 0.3 is 0 Å². The van der Waals surface area contributed by atoms with E-state index in [-0.39, 0.29) is 10.8 Å². The molecule has 0 saturated carbocycles. The molecule has 0 amide bonds. The first kappa shape index (κ1) is 11.3. The summed E-state index contributed by atoms with van der Waals surface area (Å²) in [5, 5.41) is 21.4. The standard InChI is InChI=1S/C9H8ClNO4/c10-7-3-6(4-11-14)1-2-8(7)15-5-9(12)13/h1-4,14H,5H2,(H,12,13)/p-1/b11-4-. The van der Waals surface area contributed by atoms with Crippen LogP contribution in [0, 0.1) is 0 Å². The summed E-state index contributed by atoms with van der Waals surface area (Å²) in [6.45, 7) is -0.562. The summed E-state index contributed by atoms with van der Waals surface area (Å²) < 4.78 is 4.83. The number of halogens is 1. The molecule has 0 radical (unpaired) electrons. The average Bonchev–Trinajstić information content (AvgIpc) is 2.17. The molecule has 1 aromatic carbocycles. The van der Waals surface area contributed by atoms with Crippen LogP contribution in [0.2, 0.25) is 5.02 Å². The Balaban J connectivity index is 2.78. The average molecular weight is 229 g/mol. The SMILES string of the molecule is O=C([O-])COc1ccc(/C=N\O)cc1Cl. The minimum Gasteiger partial charge on any atom is -0.546 e. The molecule has 0 aliphatic rings. The number of carbonyl (C=O) groups is 1. The van der Waals surface area contributed by atoms with Crippen molar-refractivity contribution in [2.75, 3.05) is 6.61 Å². The lowest BCUT2D eigenvalue weighted by molar-refractivity contribution is -0.307. The summed E-state index contributed by atoms with van der Waals surface area (Å²) in [5.74, 6) is -1.09. The fraction of sp³-hybridized carbons (Fsp3) is 0.111. The van der Waals surface area contributed by atoms with Crippen molar-refractivity contribution in [3.05, 3.63) is 28.8 Å². The van der Waals surface area contributed by atoms with Crippen LogP contribution in [-0.2, 0) is 4.79 Å². The third-order valence-electron chi connectivity index (χ3n) is 1.51. The van der Waals surface area contributed by atoms with Crippen LogP contribution in [0.5, 0.6) is 5.75 Å². The molecule has 1 rings (SSSR count). The molecule has 0 bridgehead atoms. The molecule has 0 spiro atoms. The van der Waals surface area contributed by atoms with Crippen LogP contribution in [0.4, 0.5) is 0 Å². The van der Waals surface area contributed by atoms with E-state index in [1.165, 1.54) is 18.3 Å². The molecule has 0 atom stereocenters. The highest BCUT2D eigenvalue weighted by Gasteiger charge is 2.02. The Labute approximate surface area is 90.5 Å². The van der Waals surface area contributed by atoms with E-state index >= 15 is 0 Å². The highest BCUT2D eigenvalue weighted by molar-refractivity contribution is 6.32. The molecule has 0 heterocycles. The number of hydrogen-bond acceptors (Lipinski definition) is 5. The molecular formula is C9H7ClNO4-. The van der Waals surface area contributed by atoms with Crippen LogP contribution in [0.1, 0.15) is 5.56 Å². The van der Waals surface area contributed by atoms with Crippen molar-refractivity contribution in [1.29, 1.82) is 0 Å². The maximum Gasteiger partial charge on any atom is 0.138 e. The second-order valence-electron chi connectivity index (χ2n) is 2.60. The van der Waals surface area contributed by atoms with E-state index in [9.17, 15) is 9.90 Å². The van der Waals surface area contributed by atoms with Crippen molar-refractivity contribution in [2.24, 2.45) is 5.16 Å². The number of carbonyl (C=O) groups excluding carboxylic acids is 1. The predicted molar refractivity (Wildman–Crippen MR) is 51.3 cm³/mol. The summed E-state index contributed by atoms with van der Waals surface area (Å²) in [7, 11) is 0. The van der Waals surface area contributed by atoms with Gasteiger partial charge in [-0.15, -0.1) is 0 Å². The summed E-state index contributed by atoms with van der Waals surface area (Å²) in [6.07, 6.45) is 1.19. The van der Waals surface area contributed by atoms with Crippen LogP contribution >= 0.6 is 11.6 Å². The quantitative estimate of drug-likeness (QED) is 0.456. The van der Waals surface area contributed by atoms with Gasteiger partial charge in [0.25, 0.3) is 0 Å². The molecule has 5 nitrogen and oxygen atoms in total. The van der Waals surface area contributed by atoms with Crippen molar-refractivity contribution >= 4 is 23.8 Å². The molecule has 6 heteroatoms. The summed E-state index contributed by atoms with van der Waals surface area (Å²) in [5.41, 5.74) is 0.573. The molecule has 15 heavy (non-hydrogen) atoms. The topological polar surface area (TPSA) is 82.0 Å². The first-order chi connectivity index (χ1) is 7.13. The van der Waals surface area contributed by atoms with Gasteiger partial charge in [0.15, 0.2) is 0 Å². The highest BCUT2D eigenvalue weighted by atomic mass is 35.5. The molecule has 0 aliphatic heterocycles. The lowest BCUT2D eigenvalue weighted by atomic mass is 10.2. The molecule has 80 valence electrons. The minimum atomic E-state index is -1.33. The number of rotatable bonds is 4. The molecule has 0 saturated heterocycles. The summed E-state index contributed by atoms with van der Waals surface area (Å²) in [4.78, 5) is 10.1. The normalized spacial score (nSPS) is 10.5. The molecule has 0 unspecified atom stereocenters. The molecule has 0 aliphatic carbocycles. The lowest BCUT2D eigenvalue weighted by Gasteiger charge is -2.08. The van der Waals surface area contributed by atoms with Gasteiger partial charge in [0.05, 0.1) is 17.2 Å². The first-order valence-corrected chi connectivity index (χ1v) is 4.31. The Kier molecular flexibility index (Phi) is 3.93. The summed E-state index contributed by atoms with van der Waals surface area (Å²) in [6, 6.07) is 4.52. The van der Waals surface area contributed by atoms with Crippen molar-refractivity contribution in [2.45, 2.75) is 0 Å².